The van der Waals surface area contributed by atoms with Gasteiger partial charge in [-0.15, -0.1) is 0 Å². The fourth-order valence-corrected chi connectivity index (χ4v) is 2.83. The van der Waals surface area contributed by atoms with Gasteiger partial charge in [-0.3, -0.25) is 4.98 Å². The predicted octanol–water partition coefficient (Wildman–Crippen LogP) is 3.99. The number of aromatic nitrogens is 3. The van der Waals surface area contributed by atoms with Crippen LogP contribution in [0.15, 0.2) is 45.7 Å². The second-order valence-corrected chi connectivity index (χ2v) is 6.17. The normalized spacial score (nSPS) is 10.9. The molecule has 10 heteroatoms. The average Bonchev–Trinajstić information content (AvgIpc) is 3.05. The van der Waals surface area contributed by atoms with E-state index in [2.05, 4.69) is 25.6 Å². The first-order chi connectivity index (χ1) is 13.9. The summed E-state index contributed by atoms with van der Waals surface area (Å²) in [6.45, 7) is 1.88. The van der Waals surface area contributed by atoms with Crippen LogP contribution >= 0.6 is 0 Å². The van der Waals surface area contributed by atoms with Crippen LogP contribution in [0.25, 0.3) is 11.1 Å². The summed E-state index contributed by atoms with van der Waals surface area (Å²) in [6, 6.07) is 7.86. The van der Waals surface area contributed by atoms with E-state index in [4.69, 9.17) is 9.15 Å². The number of benzene rings is 2. The van der Waals surface area contributed by atoms with Crippen LogP contribution in [0.1, 0.15) is 5.56 Å². The van der Waals surface area contributed by atoms with Crippen molar-refractivity contribution in [2.24, 2.45) is 0 Å². The lowest BCUT2D eigenvalue weighted by Crippen LogP contribution is -2.04. The van der Waals surface area contributed by atoms with Gasteiger partial charge >= 0.3 is 5.76 Å². The van der Waals surface area contributed by atoms with E-state index in [0.717, 1.165) is 23.6 Å². The van der Waals surface area contributed by atoms with Crippen LogP contribution in [-0.2, 0) is 0 Å². The lowest BCUT2D eigenvalue weighted by molar-refractivity contribution is 0.412. The maximum atomic E-state index is 14.2. The number of H-pyrrole nitrogens is 1. The van der Waals surface area contributed by atoms with Crippen molar-refractivity contribution in [1.29, 1.82) is 0 Å². The molecule has 0 aliphatic carbocycles. The Labute approximate surface area is 162 Å². The lowest BCUT2D eigenvalue weighted by atomic mass is 10.2. The molecule has 4 aromatic rings. The molecule has 2 aromatic carbocycles. The van der Waals surface area contributed by atoms with Gasteiger partial charge in [0.2, 0.25) is 5.95 Å². The van der Waals surface area contributed by atoms with E-state index >= 15 is 0 Å². The molecular weight excluding hydrogens is 384 g/mol. The molecule has 0 aliphatic heterocycles. The van der Waals surface area contributed by atoms with Crippen molar-refractivity contribution in [1.82, 2.24) is 15.0 Å². The summed E-state index contributed by atoms with van der Waals surface area (Å²) >= 11 is 0. The number of methoxy groups -OCH3 is 1. The second kappa shape index (κ2) is 7.23. The van der Waals surface area contributed by atoms with E-state index < -0.39 is 17.4 Å². The maximum absolute atomic E-state index is 14.2. The maximum Gasteiger partial charge on any atom is 0.417 e. The minimum Gasteiger partial charge on any atom is -0.496 e. The molecule has 4 rings (SSSR count). The van der Waals surface area contributed by atoms with Crippen LogP contribution in [-0.4, -0.2) is 22.1 Å². The molecule has 0 bridgehead atoms. The molecule has 3 N–H and O–H groups in total. The Morgan fingerprint density at radius 2 is 1.93 bits per heavy atom. The third-order valence-corrected chi connectivity index (χ3v) is 4.13. The van der Waals surface area contributed by atoms with Gasteiger partial charge in [-0.05, 0) is 36.8 Å². The highest BCUT2D eigenvalue weighted by Gasteiger charge is 2.13. The van der Waals surface area contributed by atoms with E-state index in [0.29, 0.717) is 5.69 Å². The topological polar surface area (TPSA) is 105 Å². The minimum atomic E-state index is -0.787. The number of nitrogens with one attached hydrogen (secondary N) is 3. The van der Waals surface area contributed by atoms with Gasteiger partial charge in [0.05, 0.1) is 18.8 Å². The number of oxazole rings is 1. The van der Waals surface area contributed by atoms with E-state index in [1.165, 1.54) is 6.07 Å². The summed E-state index contributed by atoms with van der Waals surface area (Å²) in [6.07, 6.45) is 0.989. The van der Waals surface area contributed by atoms with Gasteiger partial charge in [0.1, 0.15) is 5.75 Å². The molecule has 0 radical (unpaired) electrons. The first-order valence-electron chi connectivity index (χ1n) is 8.46. The number of hydrogen-bond donors (Lipinski definition) is 3. The van der Waals surface area contributed by atoms with Gasteiger partial charge < -0.3 is 19.8 Å². The van der Waals surface area contributed by atoms with Crippen LogP contribution in [0.3, 0.4) is 0 Å². The van der Waals surface area contributed by atoms with Crippen molar-refractivity contribution >= 4 is 34.2 Å². The van der Waals surface area contributed by atoms with Crippen molar-refractivity contribution in [2.75, 3.05) is 17.7 Å². The van der Waals surface area contributed by atoms with Gasteiger partial charge in [-0.25, -0.2) is 18.6 Å². The van der Waals surface area contributed by atoms with E-state index in [9.17, 15) is 13.6 Å². The molecule has 0 fully saturated rings. The van der Waals surface area contributed by atoms with E-state index in [-0.39, 0.29) is 28.6 Å². The molecule has 0 amide bonds. The Balaban J connectivity index is 1.62. The highest BCUT2D eigenvalue weighted by atomic mass is 19.1. The molecule has 0 aliphatic rings. The number of hydrogen-bond acceptors (Lipinski definition) is 7. The minimum absolute atomic E-state index is 0.136. The molecule has 0 spiro atoms. The Hall–Kier alpha value is -3.95. The number of halogens is 2. The van der Waals surface area contributed by atoms with Gasteiger partial charge in [0.25, 0.3) is 0 Å². The molecule has 2 heterocycles. The largest absolute Gasteiger partial charge is 0.496 e. The van der Waals surface area contributed by atoms with Crippen LogP contribution in [0.4, 0.5) is 31.9 Å². The smallest absolute Gasteiger partial charge is 0.417 e. The highest BCUT2D eigenvalue weighted by molar-refractivity contribution is 5.79. The predicted molar refractivity (Wildman–Crippen MR) is 103 cm³/mol. The monoisotopic (exact) mass is 399 g/mol. The van der Waals surface area contributed by atoms with E-state index in [1.807, 2.05) is 13.0 Å². The quantitative estimate of drug-likeness (QED) is 0.466. The number of anilines is 4. The summed E-state index contributed by atoms with van der Waals surface area (Å²) in [5.74, 6) is -1.60. The number of ether oxygens (including phenoxy) is 1. The summed E-state index contributed by atoms with van der Waals surface area (Å²) in [5, 5.41) is 5.65. The van der Waals surface area contributed by atoms with Gasteiger partial charge in [0.15, 0.2) is 23.0 Å². The zero-order valence-electron chi connectivity index (χ0n) is 15.3. The highest BCUT2D eigenvalue weighted by Crippen LogP contribution is 2.26. The summed E-state index contributed by atoms with van der Waals surface area (Å²) in [5.41, 5.74) is 1.69. The van der Waals surface area contributed by atoms with Crippen molar-refractivity contribution in [3.63, 3.8) is 0 Å². The number of nitrogens with zero attached hydrogens (tertiary/aromatic N) is 2. The molecule has 0 saturated carbocycles. The first kappa shape index (κ1) is 18.4. The number of fused-ring (bicyclic) bond motifs is 1. The lowest BCUT2D eigenvalue weighted by Gasteiger charge is -2.11. The zero-order chi connectivity index (χ0) is 20.5. The number of aryl methyl sites for hydroxylation is 1. The van der Waals surface area contributed by atoms with Crippen molar-refractivity contribution in [3.8, 4) is 5.75 Å². The number of rotatable bonds is 5. The van der Waals surface area contributed by atoms with Crippen LogP contribution in [0.5, 0.6) is 5.75 Å². The molecular formula is C19H15F2N5O3. The van der Waals surface area contributed by atoms with Crippen molar-refractivity contribution in [2.45, 2.75) is 6.92 Å². The molecule has 2 aromatic heterocycles. The molecule has 29 heavy (non-hydrogen) atoms. The molecule has 0 unspecified atom stereocenters. The Morgan fingerprint density at radius 1 is 1.10 bits per heavy atom. The van der Waals surface area contributed by atoms with Gasteiger partial charge in [0, 0.05) is 17.4 Å². The molecule has 0 saturated heterocycles. The van der Waals surface area contributed by atoms with Gasteiger partial charge in [-0.1, -0.05) is 0 Å². The van der Waals surface area contributed by atoms with Crippen molar-refractivity contribution in [3.05, 3.63) is 64.3 Å². The fraction of sp³-hybridized carbons (Fsp3) is 0.105. The van der Waals surface area contributed by atoms with Crippen LogP contribution in [0, 0.1) is 18.6 Å². The van der Waals surface area contributed by atoms with Gasteiger partial charge in [-0.2, -0.15) is 4.98 Å². The second-order valence-electron chi connectivity index (χ2n) is 6.17. The standard InChI is InChI=1S/C19H15F2N5O3/c1-9-5-10(3-4-15(9)28-2)24-18-22-8-13(21)17(26-18)23-11-6-12(20)16-14(7-11)25-19(27)29-16/h3-8H,1-2H3,(H,25,27)(H2,22,23,24,26). The summed E-state index contributed by atoms with van der Waals surface area (Å²) in [7, 11) is 1.58. The Bertz CT molecular complexity index is 1270. The molecule has 148 valence electrons. The fourth-order valence-electron chi connectivity index (χ4n) is 2.83. The third kappa shape index (κ3) is 3.72. The van der Waals surface area contributed by atoms with E-state index in [1.54, 1.807) is 19.2 Å². The Kier molecular flexibility index (Phi) is 4.59. The molecule has 0 atom stereocenters. The first-order valence-corrected chi connectivity index (χ1v) is 8.46. The SMILES string of the molecule is COc1ccc(Nc2ncc(F)c(Nc3cc(F)c4oc(=O)[nH]c4c3)n2)cc1C. The van der Waals surface area contributed by atoms with Crippen LogP contribution in [0.2, 0.25) is 0 Å². The summed E-state index contributed by atoms with van der Waals surface area (Å²) < 4.78 is 38.2. The van der Waals surface area contributed by atoms with Crippen molar-refractivity contribution < 1.29 is 17.9 Å². The third-order valence-electron chi connectivity index (χ3n) is 4.13. The number of aromatic amines is 1. The van der Waals surface area contributed by atoms with Crippen LogP contribution < -0.4 is 21.1 Å². The molecule has 8 nitrogen and oxygen atoms in total. The summed E-state index contributed by atoms with van der Waals surface area (Å²) in [4.78, 5) is 21.6. The Morgan fingerprint density at radius 3 is 2.69 bits per heavy atom. The zero-order valence-corrected chi connectivity index (χ0v) is 15.3. The average molecular weight is 399 g/mol.